The Balaban J connectivity index is 2.14. The molecule has 0 aliphatic carbocycles. The molecule has 1 fully saturated rings. The first-order valence-electron chi connectivity index (χ1n) is 6.77. The second-order valence-electron chi connectivity index (χ2n) is 5.38. The second kappa shape index (κ2) is 5.59. The minimum Gasteiger partial charge on any atom is -0.391 e. The first-order chi connectivity index (χ1) is 10.9. The van der Waals surface area contributed by atoms with Gasteiger partial charge in [0, 0.05) is 5.38 Å². The Morgan fingerprint density at radius 1 is 1.52 bits per heavy atom. The summed E-state index contributed by atoms with van der Waals surface area (Å²) >= 11 is 5.49. The number of fused-ring (bicyclic) bond motifs is 1. The Bertz CT molecular complexity index is 800. The highest BCUT2D eigenvalue weighted by Crippen LogP contribution is 2.39. The molecule has 23 heavy (non-hydrogen) atoms. The maximum Gasteiger partial charge on any atom is 0.222 e. The molecule has 1 aliphatic heterocycles. The molecule has 2 aromatic rings. The fourth-order valence-electron chi connectivity index (χ4n) is 2.66. The number of aromatic nitrogens is 4. The number of hydrogen-bond acceptors (Lipinski definition) is 8. The van der Waals surface area contributed by atoms with E-state index in [-0.39, 0.29) is 5.95 Å². The molecule has 0 spiro atoms. The molecule has 0 radical (unpaired) electrons. The molecule has 5 atom stereocenters. The number of imidazole rings is 1. The van der Waals surface area contributed by atoms with Crippen LogP contribution in [0.4, 0.5) is 5.95 Å². The molecule has 3 rings (SSSR count). The first kappa shape index (κ1) is 15.9. The lowest BCUT2D eigenvalue weighted by molar-refractivity contribution is -0.0756. The summed E-state index contributed by atoms with van der Waals surface area (Å²) in [5, 5.41) is 22.4. The fourth-order valence-corrected chi connectivity index (χ4v) is 2.82. The Kier molecular flexibility index (Phi) is 3.87. The monoisotopic (exact) mass is 338 g/mol. The molecule has 0 bridgehead atoms. The van der Waals surface area contributed by atoms with Gasteiger partial charge < -0.3 is 26.4 Å². The zero-order chi connectivity index (χ0) is 16.8. The molecular formula is C13H15ClN6O3. The van der Waals surface area contributed by atoms with Crippen LogP contribution in [0.5, 0.6) is 0 Å². The Morgan fingerprint density at radius 3 is 2.91 bits per heavy atom. The van der Waals surface area contributed by atoms with E-state index in [1.807, 2.05) is 0 Å². The van der Waals surface area contributed by atoms with Gasteiger partial charge in [0.25, 0.3) is 0 Å². The summed E-state index contributed by atoms with van der Waals surface area (Å²) < 4.78 is 7.22. The van der Waals surface area contributed by atoms with Gasteiger partial charge in [-0.05, 0) is 18.5 Å². The van der Waals surface area contributed by atoms with Crippen molar-refractivity contribution in [2.75, 3.05) is 5.73 Å². The van der Waals surface area contributed by atoms with Gasteiger partial charge in [0.15, 0.2) is 17.4 Å². The molecule has 9 nitrogen and oxygen atoms in total. The van der Waals surface area contributed by atoms with Gasteiger partial charge in [-0.2, -0.15) is 4.98 Å². The number of anilines is 1. The number of aliphatic hydroxyl groups is 2. The summed E-state index contributed by atoms with van der Waals surface area (Å²) in [5.41, 5.74) is 11.1. The molecule has 10 heteroatoms. The molecule has 1 unspecified atom stereocenters. The maximum atomic E-state index is 10.4. The summed E-state index contributed by atoms with van der Waals surface area (Å²) in [4.78, 5) is 12.1. The molecule has 1 saturated heterocycles. The zero-order valence-electron chi connectivity index (χ0n) is 12.1. The van der Waals surface area contributed by atoms with Crippen molar-refractivity contribution in [2.24, 2.45) is 5.73 Å². The minimum atomic E-state index is -1.56. The lowest BCUT2D eigenvalue weighted by Crippen LogP contribution is -2.54. The van der Waals surface area contributed by atoms with Crippen molar-refractivity contribution in [1.29, 1.82) is 0 Å². The number of rotatable bonds is 2. The number of hydrogen-bond donors (Lipinski definition) is 4. The van der Waals surface area contributed by atoms with E-state index in [2.05, 4.69) is 26.3 Å². The molecule has 0 amide bonds. The van der Waals surface area contributed by atoms with Crippen LogP contribution >= 0.6 is 11.6 Å². The highest BCUT2D eigenvalue weighted by molar-refractivity contribution is 6.30. The van der Waals surface area contributed by atoms with Crippen LogP contribution < -0.4 is 11.5 Å². The van der Waals surface area contributed by atoms with Crippen LogP contribution in [0.25, 0.3) is 11.2 Å². The predicted molar refractivity (Wildman–Crippen MR) is 81.9 cm³/mol. The van der Waals surface area contributed by atoms with Crippen molar-refractivity contribution >= 4 is 28.7 Å². The summed E-state index contributed by atoms with van der Waals surface area (Å²) in [6, 6.07) is 0. The SMILES string of the molecule is C[C@@H](O)[C@H]1O[C@@H](n2cnc3cnc(N)nc32)[C@@](N)(C#CCl)C1O. The number of ether oxygens (including phenoxy) is 1. The lowest BCUT2D eigenvalue weighted by atomic mass is 9.90. The summed E-state index contributed by atoms with van der Waals surface area (Å²) in [6.45, 7) is 1.48. The average molecular weight is 339 g/mol. The maximum absolute atomic E-state index is 10.4. The van der Waals surface area contributed by atoms with Crippen molar-refractivity contribution in [1.82, 2.24) is 19.5 Å². The molecule has 6 N–H and O–H groups in total. The zero-order valence-corrected chi connectivity index (χ0v) is 12.8. The van der Waals surface area contributed by atoms with E-state index in [1.165, 1.54) is 24.0 Å². The molecule has 2 aromatic heterocycles. The van der Waals surface area contributed by atoms with Gasteiger partial charge in [-0.1, -0.05) is 5.92 Å². The van der Waals surface area contributed by atoms with Gasteiger partial charge in [0.2, 0.25) is 5.95 Å². The smallest absolute Gasteiger partial charge is 0.222 e. The van der Waals surface area contributed by atoms with Gasteiger partial charge in [-0.3, -0.25) is 4.57 Å². The van der Waals surface area contributed by atoms with Crippen LogP contribution in [0, 0.1) is 11.3 Å². The van der Waals surface area contributed by atoms with E-state index < -0.39 is 30.1 Å². The van der Waals surface area contributed by atoms with Gasteiger partial charge in [0.1, 0.15) is 17.7 Å². The summed E-state index contributed by atoms with van der Waals surface area (Å²) in [7, 11) is 0. The third-order valence-corrected chi connectivity index (χ3v) is 3.92. The van der Waals surface area contributed by atoms with E-state index in [4.69, 9.17) is 27.8 Å². The molecular weight excluding hydrogens is 324 g/mol. The molecule has 0 aromatic carbocycles. The van der Waals surface area contributed by atoms with Gasteiger partial charge in [-0.25, -0.2) is 9.97 Å². The van der Waals surface area contributed by atoms with Crippen molar-refractivity contribution in [3.8, 4) is 11.3 Å². The second-order valence-corrected chi connectivity index (χ2v) is 5.57. The Hall–Kier alpha value is -1.96. The normalized spacial score (nSPS) is 31.8. The predicted octanol–water partition coefficient (Wildman–Crippen LogP) is -1.06. The van der Waals surface area contributed by atoms with Crippen LogP contribution in [-0.4, -0.2) is 53.6 Å². The van der Waals surface area contributed by atoms with E-state index in [9.17, 15) is 10.2 Å². The third-order valence-electron chi connectivity index (χ3n) is 3.82. The van der Waals surface area contributed by atoms with Crippen molar-refractivity contribution in [3.63, 3.8) is 0 Å². The average Bonchev–Trinajstić information content (AvgIpc) is 3.00. The van der Waals surface area contributed by atoms with E-state index in [0.29, 0.717) is 11.2 Å². The molecule has 0 saturated carbocycles. The van der Waals surface area contributed by atoms with E-state index >= 15 is 0 Å². The van der Waals surface area contributed by atoms with E-state index in [0.717, 1.165) is 0 Å². The number of halogens is 1. The third kappa shape index (κ3) is 2.41. The van der Waals surface area contributed by atoms with Gasteiger partial charge in [0.05, 0.1) is 18.6 Å². The highest BCUT2D eigenvalue weighted by Gasteiger charge is 2.56. The molecule has 122 valence electrons. The van der Waals surface area contributed by atoms with Gasteiger partial charge >= 0.3 is 0 Å². The van der Waals surface area contributed by atoms with Crippen molar-refractivity contribution in [3.05, 3.63) is 12.5 Å². The quantitative estimate of drug-likeness (QED) is 0.507. The lowest BCUT2D eigenvalue weighted by Gasteiger charge is -2.27. The number of nitrogens with two attached hydrogens (primary N) is 2. The molecule has 3 heterocycles. The van der Waals surface area contributed by atoms with Crippen molar-refractivity contribution < 1.29 is 14.9 Å². The number of nitrogens with zero attached hydrogens (tertiary/aromatic N) is 4. The van der Waals surface area contributed by atoms with Crippen LogP contribution in [0.1, 0.15) is 13.2 Å². The van der Waals surface area contributed by atoms with Crippen LogP contribution in [-0.2, 0) is 4.74 Å². The highest BCUT2D eigenvalue weighted by atomic mass is 35.5. The largest absolute Gasteiger partial charge is 0.391 e. The summed E-state index contributed by atoms with van der Waals surface area (Å²) in [5.74, 6) is 2.61. The summed E-state index contributed by atoms with van der Waals surface area (Å²) in [6.07, 6.45) is -1.27. The standard InChI is InChI=1S/C13H15ClN6O3/c1-6(21)8-9(22)13(16,2-3-14)11(23-8)20-5-18-7-4-17-12(15)19-10(7)20/h4-6,8-9,11,21-22H,16H2,1H3,(H2,15,17,19)/t6-,8-,9?,11-,13-/m1/s1. The number of nitrogen functional groups attached to an aromatic ring is 1. The fraction of sp³-hybridized carbons (Fsp3) is 0.462. The Labute approximate surface area is 136 Å². The van der Waals surface area contributed by atoms with Crippen LogP contribution in [0.3, 0.4) is 0 Å². The first-order valence-corrected chi connectivity index (χ1v) is 7.14. The van der Waals surface area contributed by atoms with Gasteiger partial charge in [-0.15, -0.1) is 0 Å². The van der Waals surface area contributed by atoms with Crippen LogP contribution in [0.15, 0.2) is 12.5 Å². The van der Waals surface area contributed by atoms with E-state index in [1.54, 1.807) is 0 Å². The number of aliphatic hydroxyl groups excluding tert-OH is 2. The topological polar surface area (TPSA) is 145 Å². The van der Waals surface area contributed by atoms with Crippen LogP contribution in [0.2, 0.25) is 0 Å². The van der Waals surface area contributed by atoms with Crippen molar-refractivity contribution in [2.45, 2.75) is 37.0 Å². The Morgan fingerprint density at radius 2 is 2.26 bits per heavy atom. The molecule has 1 aliphatic rings. The minimum absolute atomic E-state index is 0.0518.